The molecule has 8 nitrogen and oxygen atoms in total. The van der Waals surface area contributed by atoms with Crippen LogP contribution < -0.4 is 5.32 Å². The average Bonchev–Trinajstić information content (AvgIpc) is 3.19. The van der Waals surface area contributed by atoms with E-state index in [4.69, 9.17) is 4.52 Å². The molecule has 118 valence electrons. The fourth-order valence-electron chi connectivity index (χ4n) is 1.85. The molecule has 2 aromatic heterocycles. The van der Waals surface area contributed by atoms with E-state index >= 15 is 0 Å². The summed E-state index contributed by atoms with van der Waals surface area (Å²) in [6.07, 6.45) is 1.87. The molecule has 0 aliphatic rings. The Balaban J connectivity index is 1.87. The predicted octanol–water partition coefficient (Wildman–Crippen LogP) is 2.44. The third kappa shape index (κ3) is 3.03. The van der Waals surface area contributed by atoms with Gasteiger partial charge in [-0.3, -0.25) is 10.1 Å². The molecule has 2 heterocycles. The van der Waals surface area contributed by atoms with Gasteiger partial charge in [-0.1, -0.05) is 28.3 Å². The highest BCUT2D eigenvalue weighted by atomic mass is 32.2. The molecule has 0 fully saturated rings. The summed E-state index contributed by atoms with van der Waals surface area (Å²) >= 11 is 2.70. The SMILES string of the molecule is COC(=O)c1ccc2c(C(=O)Nc3nnc(SC)s3)onc2c1. The van der Waals surface area contributed by atoms with Crippen molar-refractivity contribution in [1.29, 1.82) is 0 Å². The number of carbonyl (C=O) groups excluding carboxylic acids is 2. The van der Waals surface area contributed by atoms with Crippen molar-refractivity contribution >= 4 is 51.0 Å². The largest absolute Gasteiger partial charge is 0.465 e. The van der Waals surface area contributed by atoms with Crippen molar-refractivity contribution in [3.8, 4) is 0 Å². The number of aromatic nitrogens is 3. The number of fused-ring (bicyclic) bond motifs is 1. The van der Waals surface area contributed by atoms with Gasteiger partial charge in [0.25, 0.3) is 5.91 Å². The molecule has 0 aliphatic heterocycles. The normalized spacial score (nSPS) is 10.7. The van der Waals surface area contributed by atoms with Gasteiger partial charge in [-0.2, -0.15) is 0 Å². The van der Waals surface area contributed by atoms with Gasteiger partial charge in [-0.05, 0) is 24.5 Å². The highest BCUT2D eigenvalue weighted by molar-refractivity contribution is 8.00. The molecule has 0 atom stereocenters. The Hall–Kier alpha value is -2.46. The topological polar surface area (TPSA) is 107 Å². The molecule has 3 rings (SSSR count). The van der Waals surface area contributed by atoms with E-state index in [-0.39, 0.29) is 5.76 Å². The van der Waals surface area contributed by atoms with Crippen molar-refractivity contribution in [2.45, 2.75) is 4.34 Å². The van der Waals surface area contributed by atoms with Crippen LogP contribution in [0.25, 0.3) is 10.9 Å². The summed E-state index contributed by atoms with van der Waals surface area (Å²) in [6.45, 7) is 0. The van der Waals surface area contributed by atoms with Crippen LogP contribution in [-0.2, 0) is 4.74 Å². The van der Waals surface area contributed by atoms with Crippen LogP contribution in [0.5, 0.6) is 0 Å². The Morgan fingerprint density at radius 1 is 1.35 bits per heavy atom. The summed E-state index contributed by atoms with van der Waals surface area (Å²) in [4.78, 5) is 23.8. The Bertz CT molecular complexity index is 889. The van der Waals surface area contributed by atoms with E-state index in [0.29, 0.717) is 21.6 Å². The van der Waals surface area contributed by atoms with Crippen LogP contribution in [0.3, 0.4) is 0 Å². The van der Waals surface area contributed by atoms with Gasteiger partial charge in [-0.15, -0.1) is 10.2 Å². The minimum Gasteiger partial charge on any atom is -0.465 e. The van der Waals surface area contributed by atoms with E-state index in [1.807, 2.05) is 6.26 Å². The zero-order chi connectivity index (χ0) is 16.4. The first-order valence-corrected chi connectivity index (χ1v) is 8.33. The lowest BCUT2D eigenvalue weighted by atomic mass is 10.1. The average molecular weight is 350 g/mol. The Morgan fingerprint density at radius 2 is 2.17 bits per heavy atom. The third-order valence-electron chi connectivity index (χ3n) is 2.91. The fourth-order valence-corrected chi connectivity index (χ4v) is 3.01. The van der Waals surface area contributed by atoms with E-state index in [9.17, 15) is 9.59 Å². The van der Waals surface area contributed by atoms with Crippen LogP contribution in [0, 0.1) is 0 Å². The van der Waals surface area contributed by atoms with Crippen molar-refractivity contribution in [1.82, 2.24) is 15.4 Å². The number of hydrogen-bond acceptors (Lipinski definition) is 9. The van der Waals surface area contributed by atoms with E-state index in [0.717, 1.165) is 4.34 Å². The monoisotopic (exact) mass is 350 g/mol. The summed E-state index contributed by atoms with van der Waals surface area (Å²) in [5.74, 6) is -0.932. The van der Waals surface area contributed by atoms with E-state index in [1.54, 1.807) is 12.1 Å². The second-order valence-corrected chi connectivity index (χ2v) is 6.30. The number of ether oxygens (including phenoxy) is 1. The van der Waals surface area contributed by atoms with Crippen molar-refractivity contribution in [3.63, 3.8) is 0 Å². The molecule has 0 saturated carbocycles. The van der Waals surface area contributed by atoms with Gasteiger partial charge in [0.15, 0.2) is 4.34 Å². The number of esters is 1. The Labute approximate surface area is 138 Å². The molecule has 0 bridgehead atoms. The number of amides is 1. The van der Waals surface area contributed by atoms with Gasteiger partial charge >= 0.3 is 5.97 Å². The lowest BCUT2D eigenvalue weighted by Gasteiger charge is -1.99. The van der Waals surface area contributed by atoms with Crippen molar-refractivity contribution in [2.75, 3.05) is 18.7 Å². The summed E-state index contributed by atoms with van der Waals surface area (Å²) < 4.78 is 10.5. The lowest BCUT2D eigenvalue weighted by molar-refractivity contribution is 0.0600. The first kappa shape index (κ1) is 15.4. The number of carbonyl (C=O) groups is 2. The van der Waals surface area contributed by atoms with E-state index in [1.165, 1.54) is 36.3 Å². The van der Waals surface area contributed by atoms with E-state index in [2.05, 4.69) is 25.4 Å². The van der Waals surface area contributed by atoms with Gasteiger partial charge in [0, 0.05) is 0 Å². The standard InChI is InChI=1S/C13H10N4O4S2/c1-20-11(19)6-3-4-7-8(5-6)17-21-9(7)10(18)14-12-15-16-13(22-2)23-12/h3-5H,1-2H3,(H,14,15,18). The van der Waals surface area contributed by atoms with Crippen LogP contribution in [0.2, 0.25) is 0 Å². The summed E-state index contributed by atoms with van der Waals surface area (Å²) in [6, 6.07) is 4.62. The van der Waals surface area contributed by atoms with Crippen molar-refractivity contribution in [2.24, 2.45) is 0 Å². The maximum absolute atomic E-state index is 12.3. The fraction of sp³-hybridized carbons (Fsp3) is 0.154. The number of hydrogen-bond donors (Lipinski definition) is 1. The first-order valence-electron chi connectivity index (χ1n) is 6.29. The smallest absolute Gasteiger partial charge is 0.337 e. The predicted molar refractivity (Wildman–Crippen MR) is 85.0 cm³/mol. The zero-order valence-corrected chi connectivity index (χ0v) is 13.7. The maximum atomic E-state index is 12.3. The number of nitrogens with one attached hydrogen (secondary N) is 1. The van der Waals surface area contributed by atoms with Gasteiger partial charge in [0.05, 0.1) is 18.1 Å². The Kier molecular flexibility index (Phi) is 4.26. The highest BCUT2D eigenvalue weighted by Crippen LogP contribution is 2.25. The second kappa shape index (κ2) is 6.34. The molecule has 10 heteroatoms. The molecule has 1 N–H and O–H groups in total. The van der Waals surface area contributed by atoms with Crippen LogP contribution in [0.4, 0.5) is 5.13 Å². The summed E-state index contributed by atoms with van der Waals surface area (Å²) in [7, 11) is 1.29. The molecule has 1 amide bonds. The molecule has 0 spiro atoms. The van der Waals surface area contributed by atoms with Crippen LogP contribution in [0.1, 0.15) is 20.9 Å². The number of nitrogens with zero attached hydrogens (tertiary/aromatic N) is 3. The number of benzene rings is 1. The molecule has 23 heavy (non-hydrogen) atoms. The maximum Gasteiger partial charge on any atom is 0.337 e. The van der Waals surface area contributed by atoms with Crippen LogP contribution in [-0.4, -0.2) is 40.6 Å². The first-order chi connectivity index (χ1) is 11.1. The van der Waals surface area contributed by atoms with E-state index < -0.39 is 11.9 Å². The minimum atomic E-state index is -0.487. The van der Waals surface area contributed by atoms with Gasteiger partial charge < -0.3 is 9.26 Å². The van der Waals surface area contributed by atoms with Gasteiger partial charge in [-0.25, -0.2) is 4.79 Å². The van der Waals surface area contributed by atoms with Crippen molar-refractivity contribution in [3.05, 3.63) is 29.5 Å². The van der Waals surface area contributed by atoms with Gasteiger partial charge in [0.1, 0.15) is 5.52 Å². The minimum absolute atomic E-state index is 0.0392. The second-order valence-electron chi connectivity index (χ2n) is 4.27. The molecule has 1 aromatic carbocycles. The van der Waals surface area contributed by atoms with Crippen molar-refractivity contribution < 1.29 is 18.8 Å². The lowest BCUT2D eigenvalue weighted by Crippen LogP contribution is -2.11. The number of anilines is 1. The molecule has 0 unspecified atom stereocenters. The molecular weight excluding hydrogens is 340 g/mol. The number of rotatable bonds is 4. The third-order valence-corrected chi connectivity index (χ3v) is 4.72. The Morgan fingerprint density at radius 3 is 2.87 bits per heavy atom. The van der Waals surface area contributed by atoms with Crippen LogP contribution >= 0.6 is 23.1 Å². The number of thioether (sulfide) groups is 1. The summed E-state index contributed by atoms with van der Waals surface area (Å²) in [5, 5.41) is 15.0. The highest BCUT2D eigenvalue weighted by Gasteiger charge is 2.19. The summed E-state index contributed by atoms with van der Waals surface area (Å²) in [5.41, 5.74) is 0.717. The van der Waals surface area contributed by atoms with Gasteiger partial charge in [0.2, 0.25) is 10.9 Å². The zero-order valence-electron chi connectivity index (χ0n) is 12.0. The molecule has 3 aromatic rings. The molecule has 0 radical (unpaired) electrons. The molecule has 0 saturated heterocycles. The quantitative estimate of drug-likeness (QED) is 0.434. The molecular formula is C13H10N4O4S2. The molecule has 0 aliphatic carbocycles. The van der Waals surface area contributed by atoms with Crippen LogP contribution in [0.15, 0.2) is 27.1 Å². The number of methoxy groups -OCH3 is 1.